The molecule has 1 aromatic carbocycles. The van der Waals surface area contributed by atoms with Gasteiger partial charge in [-0.3, -0.25) is 4.90 Å². The van der Waals surface area contributed by atoms with E-state index in [0.29, 0.717) is 29.1 Å². The number of halogens is 1. The maximum absolute atomic E-state index is 13.8. The lowest BCUT2D eigenvalue weighted by atomic mass is 9.81. The number of hydrogen-bond acceptors (Lipinski definition) is 4. The van der Waals surface area contributed by atoms with Crippen LogP contribution in [0.4, 0.5) is 4.39 Å². The molecule has 0 spiro atoms. The first-order chi connectivity index (χ1) is 11.2. The van der Waals surface area contributed by atoms with Crippen LogP contribution in [-0.2, 0) is 0 Å². The van der Waals surface area contributed by atoms with E-state index in [-0.39, 0.29) is 11.9 Å². The van der Waals surface area contributed by atoms with Crippen molar-refractivity contribution in [3.05, 3.63) is 42.5 Å². The third kappa shape index (κ3) is 2.70. The van der Waals surface area contributed by atoms with Crippen molar-refractivity contribution >= 4 is 0 Å². The summed E-state index contributed by atoms with van der Waals surface area (Å²) in [5, 5.41) is 0. The SMILES string of the molecule is C[C@H]1[C@H](Oc2ncc(-c3ccccc3F)cn2)C2CCN1CC2. The molecular weight excluding hydrogens is 293 g/mol. The summed E-state index contributed by atoms with van der Waals surface area (Å²) in [6, 6.07) is 7.43. The predicted octanol–water partition coefficient (Wildman–Crippen LogP) is 3.14. The standard InChI is InChI=1S/C18H20FN3O/c1-12-17(13-6-8-22(12)9-7-13)23-18-20-10-14(11-21-18)15-4-2-3-5-16(15)19/h2-5,10-13,17H,6-9H2,1H3/t12-,17-/m0/s1. The van der Waals surface area contributed by atoms with Crippen LogP contribution in [0.15, 0.2) is 36.7 Å². The minimum atomic E-state index is -0.268. The molecule has 3 aliphatic rings. The minimum absolute atomic E-state index is 0.150. The summed E-state index contributed by atoms with van der Waals surface area (Å²) in [6.45, 7) is 4.54. The number of nitrogens with zero attached hydrogens (tertiary/aromatic N) is 3. The van der Waals surface area contributed by atoms with Crippen LogP contribution in [0.1, 0.15) is 19.8 Å². The van der Waals surface area contributed by atoms with Gasteiger partial charge in [-0.1, -0.05) is 18.2 Å². The smallest absolute Gasteiger partial charge is 0.316 e. The normalized spacial score (nSPS) is 29.5. The summed E-state index contributed by atoms with van der Waals surface area (Å²) < 4.78 is 19.9. The van der Waals surface area contributed by atoms with Gasteiger partial charge in [-0.25, -0.2) is 14.4 Å². The van der Waals surface area contributed by atoms with Gasteiger partial charge in [0.05, 0.1) is 0 Å². The molecule has 1 aromatic heterocycles. The molecule has 3 saturated heterocycles. The molecule has 4 heterocycles. The van der Waals surface area contributed by atoms with Crippen molar-refractivity contribution in [2.24, 2.45) is 5.92 Å². The van der Waals surface area contributed by atoms with E-state index in [1.54, 1.807) is 30.6 Å². The highest BCUT2D eigenvalue weighted by Crippen LogP contribution is 2.34. The van der Waals surface area contributed by atoms with E-state index < -0.39 is 0 Å². The lowest BCUT2D eigenvalue weighted by molar-refractivity contribution is -0.0544. The Kier molecular flexibility index (Phi) is 3.73. The van der Waals surface area contributed by atoms with Gasteiger partial charge in [-0.05, 0) is 44.8 Å². The Morgan fingerprint density at radius 1 is 1.13 bits per heavy atom. The number of fused-ring (bicyclic) bond motifs is 3. The van der Waals surface area contributed by atoms with E-state index in [1.807, 2.05) is 0 Å². The highest BCUT2D eigenvalue weighted by Gasteiger charge is 2.41. The van der Waals surface area contributed by atoms with Gasteiger partial charge >= 0.3 is 6.01 Å². The quantitative estimate of drug-likeness (QED) is 0.872. The van der Waals surface area contributed by atoms with Gasteiger partial charge in [0.2, 0.25) is 0 Å². The molecule has 0 amide bonds. The number of ether oxygens (including phenoxy) is 1. The van der Waals surface area contributed by atoms with Gasteiger partial charge in [0, 0.05) is 29.6 Å². The molecule has 0 saturated carbocycles. The Hall–Kier alpha value is -2.01. The van der Waals surface area contributed by atoms with Crippen molar-refractivity contribution in [1.29, 1.82) is 0 Å². The second-order valence-electron chi connectivity index (χ2n) is 6.43. The summed E-state index contributed by atoms with van der Waals surface area (Å²) in [4.78, 5) is 11.1. The molecule has 120 valence electrons. The van der Waals surface area contributed by atoms with Crippen LogP contribution in [0.3, 0.4) is 0 Å². The highest BCUT2D eigenvalue weighted by atomic mass is 19.1. The van der Waals surface area contributed by atoms with Crippen LogP contribution in [0.25, 0.3) is 11.1 Å². The Balaban J connectivity index is 1.52. The predicted molar refractivity (Wildman–Crippen MR) is 85.6 cm³/mol. The zero-order valence-corrected chi connectivity index (χ0v) is 13.2. The Bertz CT molecular complexity index is 681. The fraction of sp³-hybridized carbons (Fsp3) is 0.444. The van der Waals surface area contributed by atoms with Crippen molar-refractivity contribution in [2.75, 3.05) is 13.1 Å². The van der Waals surface area contributed by atoms with Gasteiger partial charge in [0.1, 0.15) is 11.9 Å². The summed E-state index contributed by atoms with van der Waals surface area (Å²) >= 11 is 0. The lowest BCUT2D eigenvalue weighted by Gasteiger charge is -2.48. The summed E-state index contributed by atoms with van der Waals surface area (Å²) in [6.07, 6.45) is 5.78. The van der Waals surface area contributed by atoms with E-state index >= 15 is 0 Å². The maximum atomic E-state index is 13.8. The Morgan fingerprint density at radius 3 is 2.48 bits per heavy atom. The van der Waals surface area contributed by atoms with Crippen molar-refractivity contribution in [1.82, 2.24) is 14.9 Å². The zero-order chi connectivity index (χ0) is 15.8. The fourth-order valence-corrected chi connectivity index (χ4v) is 3.78. The van der Waals surface area contributed by atoms with Crippen LogP contribution in [0.5, 0.6) is 6.01 Å². The van der Waals surface area contributed by atoms with E-state index in [4.69, 9.17) is 4.74 Å². The molecule has 0 aliphatic carbocycles. The van der Waals surface area contributed by atoms with Crippen molar-refractivity contribution in [3.8, 4) is 17.1 Å². The molecule has 0 unspecified atom stereocenters. The number of benzene rings is 1. The Morgan fingerprint density at radius 2 is 1.83 bits per heavy atom. The summed E-state index contributed by atoms with van der Waals surface area (Å²) in [7, 11) is 0. The number of hydrogen-bond donors (Lipinski definition) is 0. The van der Waals surface area contributed by atoms with Gasteiger partial charge < -0.3 is 4.74 Å². The number of piperidine rings is 3. The third-order valence-electron chi connectivity index (χ3n) is 5.14. The van der Waals surface area contributed by atoms with Crippen molar-refractivity contribution in [3.63, 3.8) is 0 Å². The average molecular weight is 313 g/mol. The molecule has 2 aromatic rings. The third-order valence-corrected chi connectivity index (χ3v) is 5.14. The van der Waals surface area contributed by atoms with E-state index in [1.165, 1.54) is 32.0 Å². The van der Waals surface area contributed by atoms with Gasteiger partial charge in [-0.15, -0.1) is 0 Å². The molecule has 0 radical (unpaired) electrons. The van der Waals surface area contributed by atoms with E-state index in [9.17, 15) is 4.39 Å². The van der Waals surface area contributed by atoms with E-state index in [0.717, 1.165) is 0 Å². The van der Waals surface area contributed by atoms with Crippen molar-refractivity contribution < 1.29 is 9.13 Å². The van der Waals surface area contributed by atoms with Crippen molar-refractivity contribution in [2.45, 2.75) is 31.9 Å². The summed E-state index contributed by atoms with van der Waals surface area (Å²) in [5.41, 5.74) is 1.17. The molecule has 4 nitrogen and oxygen atoms in total. The van der Waals surface area contributed by atoms with Crippen LogP contribution in [0.2, 0.25) is 0 Å². The fourth-order valence-electron chi connectivity index (χ4n) is 3.78. The first kappa shape index (κ1) is 14.6. The first-order valence-corrected chi connectivity index (χ1v) is 8.20. The molecule has 2 atom stereocenters. The average Bonchev–Trinajstić information content (AvgIpc) is 2.60. The molecule has 5 rings (SSSR count). The van der Waals surface area contributed by atoms with Crippen LogP contribution in [-0.4, -0.2) is 40.1 Å². The molecule has 3 fully saturated rings. The van der Waals surface area contributed by atoms with Gasteiger partial charge in [0.25, 0.3) is 0 Å². The Labute approximate surface area is 135 Å². The molecular formula is C18H20FN3O. The molecule has 23 heavy (non-hydrogen) atoms. The monoisotopic (exact) mass is 313 g/mol. The second-order valence-corrected chi connectivity index (χ2v) is 6.43. The zero-order valence-electron chi connectivity index (χ0n) is 13.2. The summed E-state index contributed by atoms with van der Waals surface area (Å²) in [5.74, 6) is 0.320. The maximum Gasteiger partial charge on any atom is 0.316 e. The molecule has 3 aliphatic heterocycles. The van der Waals surface area contributed by atoms with Gasteiger partial charge in [0.15, 0.2) is 0 Å². The molecule has 5 heteroatoms. The minimum Gasteiger partial charge on any atom is -0.458 e. The number of rotatable bonds is 3. The highest BCUT2D eigenvalue weighted by molar-refractivity contribution is 5.62. The van der Waals surface area contributed by atoms with Gasteiger partial charge in [-0.2, -0.15) is 0 Å². The topological polar surface area (TPSA) is 38.3 Å². The molecule has 2 bridgehead atoms. The van der Waals surface area contributed by atoms with Crippen LogP contribution in [0, 0.1) is 11.7 Å². The van der Waals surface area contributed by atoms with E-state index in [2.05, 4.69) is 21.8 Å². The van der Waals surface area contributed by atoms with Crippen LogP contribution < -0.4 is 4.74 Å². The largest absolute Gasteiger partial charge is 0.458 e. The number of aromatic nitrogens is 2. The second kappa shape index (κ2) is 5.89. The lowest BCUT2D eigenvalue weighted by Crippen LogP contribution is -2.58. The van der Waals surface area contributed by atoms with Crippen LogP contribution >= 0.6 is 0 Å². The molecule has 0 N–H and O–H groups in total. The first-order valence-electron chi connectivity index (χ1n) is 8.20.